The molecule has 3 aromatic rings. The van der Waals surface area contributed by atoms with Gasteiger partial charge in [0.05, 0.1) is 45.7 Å². The van der Waals surface area contributed by atoms with Crippen molar-refractivity contribution in [1.29, 1.82) is 0 Å². The molecule has 1 unspecified atom stereocenters. The average molecular weight is 601 g/mol. The number of benzene rings is 1. The molecule has 4 heterocycles. The Balaban J connectivity index is 1.32. The van der Waals surface area contributed by atoms with Crippen LogP contribution < -0.4 is 10.6 Å². The number of carbonyl (C=O) groups is 1. The predicted molar refractivity (Wildman–Crippen MR) is 150 cm³/mol. The van der Waals surface area contributed by atoms with Crippen LogP contribution in [0.15, 0.2) is 34.9 Å². The molecule has 0 spiro atoms. The highest BCUT2D eigenvalue weighted by Crippen LogP contribution is 2.36. The summed E-state index contributed by atoms with van der Waals surface area (Å²) in [6, 6.07) is 7.36. The SMILES string of the molecule is Cn1ncc(Cl)c1-c1cc(C(=O)N[C@@H]2CNC(CCN3CCOCC3)C[C@H]2c2ccc(Cl)c(Cl)c2)oc1Cl. The second kappa shape index (κ2) is 12.2. The van der Waals surface area contributed by atoms with Crippen LogP contribution in [0.3, 0.4) is 0 Å². The second-order valence-corrected chi connectivity index (χ2v) is 11.3. The van der Waals surface area contributed by atoms with Crippen molar-refractivity contribution in [3.63, 3.8) is 0 Å². The maximum Gasteiger partial charge on any atom is 0.287 e. The third kappa shape index (κ3) is 6.17. The molecular weight excluding hydrogens is 572 g/mol. The maximum absolute atomic E-state index is 13.3. The van der Waals surface area contributed by atoms with Gasteiger partial charge in [-0.15, -0.1) is 0 Å². The predicted octanol–water partition coefficient (Wildman–Crippen LogP) is 5.26. The summed E-state index contributed by atoms with van der Waals surface area (Å²) >= 11 is 25.2. The minimum Gasteiger partial charge on any atom is -0.439 e. The normalized spacial score (nSPS) is 22.5. The molecule has 0 radical (unpaired) electrons. The van der Waals surface area contributed by atoms with Gasteiger partial charge in [0, 0.05) is 50.7 Å². The number of furan rings is 1. The van der Waals surface area contributed by atoms with E-state index < -0.39 is 0 Å². The van der Waals surface area contributed by atoms with Crippen molar-refractivity contribution in [3.05, 3.63) is 62.1 Å². The first-order chi connectivity index (χ1) is 18.3. The molecule has 0 aliphatic carbocycles. The smallest absolute Gasteiger partial charge is 0.287 e. The summed E-state index contributed by atoms with van der Waals surface area (Å²) in [6.07, 6.45) is 3.36. The van der Waals surface area contributed by atoms with Gasteiger partial charge in [-0.25, -0.2) is 0 Å². The first-order valence-electron chi connectivity index (χ1n) is 12.6. The number of nitrogens with zero attached hydrogens (tertiary/aromatic N) is 3. The third-order valence-electron chi connectivity index (χ3n) is 7.30. The first-order valence-corrected chi connectivity index (χ1v) is 14.1. The van der Waals surface area contributed by atoms with Gasteiger partial charge in [0.15, 0.2) is 5.76 Å². The van der Waals surface area contributed by atoms with E-state index in [1.54, 1.807) is 23.9 Å². The summed E-state index contributed by atoms with van der Waals surface area (Å²) in [5.74, 6) is -0.231. The zero-order valence-electron chi connectivity index (χ0n) is 20.9. The van der Waals surface area contributed by atoms with Crippen molar-refractivity contribution in [2.24, 2.45) is 7.05 Å². The van der Waals surface area contributed by atoms with Crippen LogP contribution in [0.5, 0.6) is 0 Å². The summed E-state index contributed by atoms with van der Waals surface area (Å²) in [7, 11) is 1.75. The molecule has 1 amide bonds. The number of aromatic nitrogens is 2. The Morgan fingerprint density at radius 1 is 1.13 bits per heavy atom. The molecule has 12 heteroatoms. The van der Waals surface area contributed by atoms with E-state index in [0.717, 1.165) is 51.3 Å². The Labute approximate surface area is 241 Å². The van der Waals surface area contributed by atoms with Crippen LogP contribution in [-0.2, 0) is 11.8 Å². The Kier molecular flexibility index (Phi) is 8.89. The lowest BCUT2D eigenvalue weighted by Crippen LogP contribution is -2.54. The quantitative estimate of drug-likeness (QED) is 0.385. The molecule has 0 saturated carbocycles. The molecule has 2 saturated heterocycles. The lowest BCUT2D eigenvalue weighted by molar-refractivity contribution is 0.0354. The largest absolute Gasteiger partial charge is 0.439 e. The number of rotatable bonds is 7. The number of carbonyl (C=O) groups excluding carboxylic acids is 1. The Hall–Kier alpha value is -1.78. The minimum atomic E-state index is -0.361. The van der Waals surface area contributed by atoms with E-state index >= 15 is 0 Å². The van der Waals surface area contributed by atoms with Crippen molar-refractivity contribution >= 4 is 52.3 Å². The van der Waals surface area contributed by atoms with E-state index in [1.165, 1.54) is 6.20 Å². The van der Waals surface area contributed by atoms with E-state index in [1.807, 2.05) is 12.1 Å². The van der Waals surface area contributed by atoms with Crippen molar-refractivity contribution in [1.82, 2.24) is 25.3 Å². The molecule has 1 aromatic carbocycles. The van der Waals surface area contributed by atoms with Crippen LogP contribution in [0.25, 0.3) is 11.3 Å². The van der Waals surface area contributed by atoms with Crippen LogP contribution >= 0.6 is 46.4 Å². The van der Waals surface area contributed by atoms with Crippen molar-refractivity contribution < 1.29 is 13.9 Å². The van der Waals surface area contributed by atoms with Crippen LogP contribution in [0.2, 0.25) is 20.3 Å². The number of ether oxygens (including phenoxy) is 1. The molecule has 0 bridgehead atoms. The molecule has 3 atom stereocenters. The van der Waals surface area contributed by atoms with Crippen LogP contribution in [0.4, 0.5) is 0 Å². The van der Waals surface area contributed by atoms with Gasteiger partial charge < -0.3 is 19.8 Å². The van der Waals surface area contributed by atoms with Crippen LogP contribution in [0, 0.1) is 0 Å². The van der Waals surface area contributed by atoms with Crippen molar-refractivity contribution in [3.8, 4) is 11.3 Å². The number of amides is 1. The second-order valence-electron chi connectivity index (χ2n) is 9.71. The highest BCUT2D eigenvalue weighted by molar-refractivity contribution is 6.42. The van der Waals surface area contributed by atoms with Gasteiger partial charge in [-0.2, -0.15) is 5.10 Å². The lowest BCUT2D eigenvalue weighted by atomic mass is 9.81. The maximum atomic E-state index is 13.3. The summed E-state index contributed by atoms with van der Waals surface area (Å²) in [4.78, 5) is 15.7. The van der Waals surface area contributed by atoms with E-state index in [2.05, 4.69) is 20.6 Å². The first kappa shape index (κ1) is 27.8. The number of hydrogen-bond donors (Lipinski definition) is 2. The summed E-state index contributed by atoms with van der Waals surface area (Å²) in [5.41, 5.74) is 2.12. The zero-order chi connectivity index (χ0) is 26.8. The monoisotopic (exact) mass is 599 g/mol. The van der Waals surface area contributed by atoms with E-state index in [0.29, 0.717) is 38.9 Å². The number of nitrogens with one attached hydrogen (secondary N) is 2. The molecule has 2 aliphatic rings. The molecule has 2 N–H and O–H groups in total. The third-order valence-corrected chi connectivity index (χ3v) is 8.59. The Morgan fingerprint density at radius 3 is 2.63 bits per heavy atom. The van der Waals surface area contributed by atoms with E-state index in [9.17, 15) is 4.79 Å². The molecule has 2 aliphatic heterocycles. The fourth-order valence-corrected chi connectivity index (χ4v) is 6.03. The average Bonchev–Trinajstić information content (AvgIpc) is 3.46. The van der Waals surface area contributed by atoms with Gasteiger partial charge in [0.1, 0.15) is 0 Å². The summed E-state index contributed by atoms with van der Waals surface area (Å²) < 4.78 is 12.7. The summed E-state index contributed by atoms with van der Waals surface area (Å²) in [5, 5.41) is 12.4. The summed E-state index contributed by atoms with van der Waals surface area (Å²) in [6.45, 7) is 5.07. The van der Waals surface area contributed by atoms with Gasteiger partial charge in [0.2, 0.25) is 5.22 Å². The Bertz CT molecular complexity index is 1270. The number of morpholine rings is 1. The van der Waals surface area contributed by atoms with Gasteiger partial charge in [-0.3, -0.25) is 14.4 Å². The zero-order valence-corrected chi connectivity index (χ0v) is 23.9. The van der Waals surface area contributed by atoms with E-state index in [4.69, 9.17) is 55.6 Å². The fourth-order valence-electron chi connectivity index (χ4n) is 5.23. The van der Waals surface area contributed by atoms with Crippen LogP contribution in [0.1, 0.15) is 34.9 Å². The van der Waals surface area contributed by atoms with E-state index in [-0.39, 0.29) is 28.8 Å². The number of piperidine rings is 1. The molecular formula is C26H29Cl4N5O3. The molecule has 5 rings (SSSR count). The topological polar surface area (TPSA) is 84.6 Å². The highest BCUT2D eigenvalue weighted by Gasteiger charge is 2.34. The number of aryl methyl sites for hydroxylation is 1. The Morgan fingerprint density at radius 2 is 1.92 bits per heavy atom. The fraction of sp³-hybridized carbons (Fsp3) is 0.462. The minimum absolute atomic E-state index is 0.0288. The van der Waals surface area contributed by atoms with Gasteiger partial charge in [-0.05, 0) is 48.7 Å². The molecule has 204 valence electrons. The van der Waals surface area contributed by atoms with Crippen molar-refractivity contribution in [2.45, 2.75) is 30.8 Å². The van der Waals surface area contributed by atoms with Crippen molar-refractivity contribution in [2.75, 3.05) is 39.4 Å². The number of hydrogen-bond acceptors (Lipinski definition) is 6. The van der Waals surface area contributed by atoms with Gasteiger partial charge in [0.25, 0.3) is 5.91 Å². The molecule has 8 nitrogen and oxygen atoms in total. The number of halogens is 4. The van der Waals surface area contributed by atoms with Crippen LogP contribution in [-0.4, -0.2) is 72.1 Å². The van der Waals surface area contributed by atoms with Gasteiger partial charge >= 0.3 is 0 Å². The molecule has 38 heavy (non-hydrogen) atoms. The van der Waals surface area contributed by atoms with Gasteiger partial charge in [-0.1, -0.05) is 40.9 Å². The lowest BCUT2D eigenvalue weighted by Gasteiger charge is -2.39. The highest BCUT2D eigenvalue weighted by atomic mass is 35.5. The molecule has 2 fully saturated rings. The molecule has 2 aromatic heterocycles. The standard InChI is InChI=1S/C26H29Cl4N5O3/c1-34-24(21(29)13-32-34)18-12-23(38-25(18)30)26(36)33-22-14-31-16(4-5-35-6-8-37-9-7-35)11-17(22)15-2-3-19(27)20(28)10-15/h2-3,10,12-13,16-17,22,31H,4-9,11,14H2,1H3,(H,33,36)/t16?,17-,22+/m0/s1.